The molecule has 0 saturated carbocycles. The van der Waals surface area contributed by atoms with Crippen LogP contribution >= 0.6 is 11.8 Å². The average Bonchev–Trinajstić information content (AvgIpc) is 3.05. The quantitative estimate of drug-likeness (QED) is 0.518. The molecule has 0 aliphatic carbocycles. The number of rotatable bonds is 4. The lowest BCUT2D eigenvalue weighted by Gasteiger charge is -2.06. The number of aryl methyl sites for hydroxylation is 2. The van der Waals surface area contributed by atoms with Crippen LogP contribution in [0.3, 0.4) is 0 Å². The van der Waals surface area contributed by atoms with Gasteiger partial charge in [-0.15, -0.1) is 5.10 Å². The Balaban J connectivity index is 1.95. The number of nitrogens with zero attached hydrogens (tertiary/aromatic N) is 7. The molecule has 0 aliphatic rings. The zero-order valence-electron chi connectivity index (χ0n) is 13.2. The van der Waals surface area contributed by atoms with Crippen LogP contribution in [0, 0.1) is 35.3 Å². The molecule has 0 atom stereocenters. The first kappa shape index (κ1) is 16.5. The standard InChI is InChI=1S/C15H11N7O2S/c1-9-3-4-11(7-10(9)2)21-15(18-19-20-21)25-14-6-5-13(22(23)24)12(8-16)17-14/h3-7H,1-2H3. The Bertz CT molecular complexity index is 1010. The molecule has 0 spiro atoms. The third kappa shape index (κ3) is 3.31. The topological polar surface area (TPSA) is 123 Å². The molecule has 25 heavy (non-hydrogen) atoms. The third-order valence-electron chi connectivity index (χ3n) is 3.52. The molecule has 0 amide bonds. The maximum atomic E-state index is 10.9. The van der Waals surface area contributed by atoms with E-state index in [-0.39, 0.29) is 11.4 Å². The number of nitriles is 1. The molecule has 0 fully saturated rings. The summed E-state index contributed by atoms with van der Waals surface area (Å²) in [6.07, 6.45) is 0. The van der Waals surface area contributed by atoms with E-state index in [4.69, 9.17) is 5.26 Å². The normalized spacial score (nSPS) is 10.4. The van der Waals surface area contributed by atoms with E-state index in [0.29, 0.717) is 10.2 Å². The van der Waals surface area contributed by atoms with Gasteiger partial charge in [0.25, 0.3) is 0 Å². The molecule has 3 aromatic rings. The van der Waals surface area contributed by atoms with Gasteiger partial charge in [-0.05, 0) is 65.4 Å². The molecule has 2 heterocycles. The van der Waals surface area contributed by atoms with Crippen molar-refractivity contribution in [2.75, 3.05) is 0 Å². The number of nitro groups is 1. The van der Waals surface area contributed by atoms with Crippen molar-refractivity contribution in [1.29, 1.82) is 5.26 Å². The minimum atomic E-state index is -0.640. The number of tetrazole rings is 1. The van der Waals surface area contributed by atoms with Crippen LogP contribution in [0.15, 0.2) is 40.5 Å². The number of aromatic nitrogens is 5. The van der Waals surface area contributed by atoms with Gasteiger partial charge in [-0.3, -0.25) is 10.1 Å². The smallest absolute Gasteiger partial charge is 0.258 e. The molecular weight excluding hydrogens is 342 g/mol. The van der Waals surface area contributed by atoms with Crippen molar-refractivity contribution in [3.05, 3.63) is 57.3 Å². The number of hydrogen-bond donors (Lipinski definition) is 0. The predicted molar refractivity (Wildman–Crippen MR) is 88.4 cm³/mol. The van der Waals surface area contributed by atoms with Crippen molar-refractivity contribution in [1.82, 2.24) is 25.2 Å². The fraction of sp³-hybridized carbons (Fsp3) is 0.133. The second-order valence-electron chi connectivity index (χ2n) is 5.13. The SMILES string of the molecule is Cc1ccc(-n2nnnc2Sc2ccc([N+](=O)[O-])c(C#N)n2)cc1C. The summed E-state index contributed by atoms with van der Waals surface area (Å²) in [7, 11) is 0. The van der Waals surface area contributed by atoms with Gasteiger partial charge >= 0.3 is 5.69 Å². The van der Waals surface area contributed by atoms with Crippen molar-refractivity contribution in [2.24, 2.45) is 0 Å². The van der Waals surface area contributed by atoms with Crippen molar-refractivity contribution in [2.45, 2.75) is 24.0 Å². The Kier molecular flexibility index (Phi) is 4.40. The van der Waals surface area contributed by atoms with Gasteiger partial charge in [0.1, 0.15) is 11.1 Å². The Morgan fingerprint density at radius 3 is 2.72 bits per heavy atom. The second kappa shape index (κ2) is 6.66. The van der Waals surface area contributed by atoms with Gasteiger partial charge < -0.3 is 0 Å². The first-order valence-corrected chi connectivity index (χ1v) is 7.90. The van der Waals surface area contributed by atoms with Gasteiger partial charge in [0, 0.05) is 6.07 Å². The summed E-state index contributed by atoms with van der Waals surface area (Å²) in [5.41, 5.74) is 2.46. The van der Waals surface area contributed by atoms with Crippen LogP contribution in [0.4, 0.5) is 5.69 Å². The van der Waals surface area contributed by atoms with Crippen LogP contribution in [0.2, 0.25) is 0 Å². The highest BCUT2D eigenvalue weighted by Gasteiger charge is 2.18. The average molecular weight is 353 g/mol. The highest BCUT2D eigenvalue weighted by molar-refractivity contribution is 7.99. The van der Waals surface area contributed by atoms with E-state index in [1.807, 2.05) is 32.0 Å². The molecule has 9 nitrogen and oxygen atoms in total. The van der Waals surface area contributed by atoms with Gasteiger partial charge in [0.15, 0.2) is 0 Å². The van der Waals surface area contributed by atoms with Crippen LogP contribution in [0.5, 0.6) is 0 Å². The summed E-state index contributed by atoms with van der Waals surface area (Å²) in [6, 6.07) is 10.3. The molecule has 3 rings (SSSR count). The lowest BCUT2D eigenvalue weighted by molar-refractivity contribution is -0.385. The zero-order valence-corrected chi connectivity index (χ0v) is 14.1. The molecule has 1 aromatic carbocycles. The van der Waals surface area contributed by atoms with Crippen molar-refractivity contribution < 1.29 is 4.92 Å². The summed E-state index contributed by atoms with van der Waals surface area (Å²) in [6.45, 7) is 4.01. The van der Waals surface area contributed by atoms with Gasteiger partial charge in [-0.25, -0.2) is 4.98 Å². The van der Waals surface area contributed by atoms with E-state index in [1.165, 1.54) is 12.1 Å². The summed E-state index contributed by atoms with van der Waals surface area (Å²) < 4.78 is 1.55. The van der Waals surface area contributed by atoms with Gasteiger partial charge in [-0.1, -0.05) is 6.07 Å². The van der Waals surface area contributed by atoms with E-state index in [0.717, 1.165) is 28.6 Å². The summed E-state index contributed by atoms with van der Waals surface area (Å²) in [5, 5.41) is 32.4. The Labute approximate surface area is 146 Å². The van der Waals surface area contributed by atoms with Crippen molar-refractivity contribution in [3.63, 3.8) is 0 Å². The molecular formula is C15H11N7O2S. The summed E-state index contributed by atoms with van der Waals surface area (Å²) in [4.78, 5) is 14.2. The van der Waals surface area contributed by atoms with E-state index in [2.05, 4.69) is 20.5 Å². The van der Waals surface area contributed by atoms with Crippen molar-refractivity contribution in [3.8, 4) is 11.8 Å². The molecule has 0 saturated heterocycles. The summed E-state index contributed by atoms with van der Waals surface area (Å²) >= 11 is 1.12. The van der Waals surface area contributed by atoms with Gasteiger partial charge in [0.05, 0.1) is 10.6 Å². The highest BCUT2D eigenvalue weighted by Crippen LogP contribution is 2.28. The zero-order chi connectivity index (χ0) is 18.0. The van der Waals surface area contributed by atoms with Gasteiger partial charge in [0.2, 0.25) is 10.9 Å². The Hall–Kier alpha value is -3.32. The van der Waals surface area contributed by atoms with Crippen LogP contribution < -0.4 is 0 Å². The molecule has 0 bridgehead atoms. The Morgan fingerprint density at radius 1 is 1.24 bits per heavy atom. The minimum absolute atomic E-state index is 0.250. The molecule has 0 aliphatic heterocycles. The monoisotopic (exact) mass is 353 g/mol. The van der Waals surface area contributed by atoms with E-state index in [1.54, 1.807) is 10.8 Å². The fourth-order valence-corrected chi connectivity index (χ4v) is 2.84. The maximum Gasteiger partial charge on any atom is 0.305 e. The third-order valence-corrected chi connectivity index (χ3v) is 4.40. The fourth-order valence-electron chi connectivity index (χ4n) is 2.08. The van der Waals surface area contributed by atoms with E-state index >= 15 is 0 Å². The number of benzene rings is 1. The minimum Gasteiger partial charge on any atom is -0.258 e. The first-order valence-electron chi connectivity index (χ1n) is 7.09. The predicted octanol–water partition coefficient (Wildman–Crippen LogP) is 2.61. The Morgan fingerprint density at radius 2 is 2.04 bits per heavy atom. The summed E-state index contributed by atoms with van der Waals surface area (Å²) in [5.74, 6) is 0. The molecule has 0 N–H and O–H groups in total. The lowest BCUT2D eigenvalue weighted by Crippen LogP contribution is -2.01. The molecule has 0 unspecified atom stereocenters. The molecule has 0 radical (unpaired) electrons. The van der Waals surface area contributed by atoms with E-state index in [9.17, 15) is 10.1 Å². The van der Waals surface area contributed by atoms with E-state index < -0.39 is 4.92 Å². The van der Waals surface area contributed by atoms with Crippen LogP contribution in [0.25, 0.3) is 5.69 Å². The van der Waals surface area contributed by atoms with Crippen LogP contribution in [-0.2, 0) is 0 Å². The van der Waals surface area contributed by atoms with Crippen molar-refractivity contribution >= 4 is 17.4 Å². The largest absolute Gasteiger partial charge is 0.305 e. The molecule has 10 heteroatoms. The first-order chi connectivity index (χ1) is 12.0. The number of pyridine rings is 1. The molecule has 124 valence electrons. The van der Waals surface area contributed by atoms with Gasteiger partial charge in [-0.2, -0.15) is 9.94 Å². The lowest BCUT2D eigenvalue weighted by atomic mass is 10.1. The second-order valence-corrected chi connectivity index (χ2v) is 6.12. The van der Waals surface area contributed by atoms with Crippen LogP contribution in [-0.4, -0.2) is 30.1 Å². The highest BCUT2D eigenvalue weighted by atomic mass is 32.2. The maximum absolute atomic E-state index is 10.9. The molecule has 2 aromatic heterocycles. The number of hydrogen-bond acceptors (Lipinski definition) is 8. The van der Waals surface area contributed by atoms with Crippen LogP contribution in [0.1, 0.15) is 16.8 Å².